The normalized spacial score (nSPS) is 13.5. The van der Waals surface area contributed by atoms with Crippen LogP contribution in [0, 0.1) is 5.82 Å². The van der Waals surface area contributed by atoms with E-state index in [2.05, 4.69) is 5.32 Å². The van der Waals surface area contributed by atoms with Crippen molar-refractivity contribution in [3.05, 3.63) is 78.1 Å². The van der Waals surface area contributed by atoms with E-state index < -0.39 is 28.3 Å². The maximum Gasteiger partial charge on any atom is 0.265 e. The van der Waals surface area contributed by atoms with E-state index in [0.717, 1.165) is 6.07 Å². The number of para-hydroxylation sites is 2. The molecule has 0 spiro atoms. The smallest absolute Gasteiger partial charge is 0.265 e. The third-order valence-corrected chi connectivity index (χ3v) is 7.84. The molecule has 1 N–H and O–H groups in total. The van der Waals surface area contributed by atoms with Crippen LogP contribution in [0.15, 0.2) is 71.6 Å². The van der Waals surface area contributed by atoms with Crippen LogP contribution in [0.5, 0.6) is 11.5 Å². The minimum atomic E-state index is -4.46. The van der Waals surface area contributed by atoms with Gasteiger partial charge in [0.05, 0.1) is 49.3 Å². The van der Waals surface area contributed by atoms with Gasteiger partial charge in [0.25, 0.3) is 15.9 Å². The third-order valence-electron chi connectivity index (χ3n) is 6.08. The number of rotatable bonds is 9. The van der Waals surface area contributed by atoms with Crippen LogP contribution in [-0.4, -0.2) is 72.2 Å². The number of benzene rings is 3. The minimum absolute atomic E-state index is 0.145. The first-order valence-electron chi connectivity index (χ1n) is 12.0. The first-order valence-corrected chi connectivity index (χ1v) is 13.5. The molecule has 3 aromatic rings. The van der Waals surface area contributed by atoms with E-state index in [-0.39, 0.29) is 33.5 Å². The Hall–Kier alpha value is -4.16. The van der Waals surface area contributed by atoms with Crippen molar-refractivity contribution in [1.82, 2.24) is 4.90 Å². The standard InChI is InChI=1S/C27H28FN3O7S/c1-36-24-12-11-19(17-25(24)37-2)39(34,35)31(23-10-6-4-8-21(23)28)18-26(32)29-22-9-5-3-7-20(22)27(33)30-13-15-38-16-14-30/h3-12,17H,13-16,18H2,1-2H3,(H,29,32). The first kappa shape index (κ1) is 27.9. The Bertz CT molecular complexity index is 1460. The van der Waals surface area contributed by atoms with Crippen LogP contribution in [-0.2, 0) is 19.6 Å². The fourth-order valence-corrected chi connectivity index (χ4v) is 5.54. The van der Waals surface area contributed by atoms with Crippen molar-refractivity contribution in [1.29, 1.82) is 0 Å². The number of hydrogen-bond acceptors (Lipinski definition) is 7. The maximum absolute atomic E-state index is 14.9. The van der Waals surface area contributed by atoms with Gasteiger partial charge in [0.1, 0.15) is 12.4 Å². The molecule has 10 nitrogen and oxygen atoms in total. The Morgan fingerprint density at radius 1 is 0.974 bits per heavy atom. The van der Waals surface area contributed by atoms with Crippen LogP contribution in [0.1, 0.15) is 10.4 Å². The van der Waals surface area contributed by atoms with Crippen molar-refractivity contribution in [2.45, 2.75) is 4.90 Å². The van der Waals surface area contributed by atoms with Crippen molar-refractivity contribution in [2.24, 2.45) is 0 Å². The van der Waals surface area contributed by atoms with Gasteiger partial charge in [-0.25, -0.2) is 12.8 Å². The molecule has 39 heavy (non-hydrogen) atoms. The van der Waals surface area contributed by atoms with E-state index in [1.54, 1.807) is 29.2 Å². The highest BCUT2D eigenvalue weighted by molar-refractivity contribution is 7.92. The van der Waals surface area contributed by atoms with Crippen LogP contribution in [0.25, 0.3) is 0 Å². The molecule has 2 amide bonds. The molecule has 12 heteroatoms. The minimum Gasteiger partial charge on any atom is -0.493 e. The van der Waals surface area contributed by atoms with Gasteiger partial charge in [0.2, 0.25) is 5.91 Å². The molecule has 1 saturated heterocycles. The summed E-state index contributed by atoms with van der Waals surface area (Å²) in [6.07, 6.45) is 0. The topological polar surface area (TPSA) is 114 Å². The lowest BCUT2D eigenvalue weighted by Gasteiger charge is -2.28. The van der Waals surface area contributed by atoms with Crippen molar-refractivity contribution in [2.75, 3.05) is 56.7 Å². The lowest BCUT2D eigenvalue weighted by molar-refractivity contribution is -0.114. The highest BCUT2D eigenvalue weighted by Gasteiger charge is 2.31. The third kappa shape index (κ3) is 6.13. The van der Waals surface area contributed by atoms with Gasteiger partial charge in [-0.05, 0) is 36.4 Å². The summed E-state index contributed by atoms with van der Waals surface area (Å²) in [4.78, 5) is 27.7. The van der Waals surface area contributed by atoms with Gasteiger partial charge >= 0.3 is 0 Å². The molecule has 1 heterocycles. The second kappa shape index (κ2) is 12.1. The molecule has 0 atom stereocenters. The molecule has 206 valence electrons. The quantitative estimate of drug-likeness (QED) is 0.430. The molecule has 1 aliphatic heterocycles. The monoisotopic (exact) mass is 557 g/mol. The summed E-state index contributed by atoms with van der Waals surface area (Å²) in [7, 11) is -1.70. The molecule has 4 rings (SSSR count). The van der Waals surface area contributed by atoms with E-state index in [1.165, 1.54) is 50.6 Å². The molecule has 0 aromatic heterocycles. The van der Waals surface area contributed by atoms with Gasteiger partial charge in [-0.3, -0.25) is 13.9 Å². The Morgan fingerprint density at radius 2 is 1.64 bits per heavy atom. The predicted molar refractivity (Wildman–Crippen MR) is 142 cm³/mol. The van der Waals surface area contributed by atoms with Gasteiger partial charge in [-0.2, -0.15) is 0 Å². The summed E-state index contributed by atoms with van der Waals surface area (Å²) >= 11 is 0. The maximum atomic E-state index is 14.9. The number of hydrogen-bond donors (Lipinski definition) is 1. The first-order chi connectivity index (χ1) is 18.8. The van der Waals surface area contributed by atoms with Crippen LogP contribution >= 0.6 is 0 Å². The number of ether oxygens (including phenoxy) is 3. The molecular formula is C27H28FN3O7S. The van der Waals surface area contributed by atoms with Crippen molar-refractivity contribution >= 4 is 33.2 Å². The summed E-state index contributed by atoms with van der Waals surface area (Å²) in [5.74, 6) is -1.46. The van der Waals surface area contributed by atoms with Crippen molar-refractivity contribution in [3.63, 3.8) is 0 Å². The van der Waals surface area contributed by atoms with Crippen LogP contribution < -0.4 is 19.1 Å². The average Bonchev–Trinajstić information content (AvgIpc) is 2.96. The Labute approximate surface area is 225 Å². The summed E-state index contributed by atoms with van der Waals surface area (Å²) in [5, 5.41) is 2.62. The largest absolute Gasteiger partial charge is 0.493 e. The lowest BCUT2D eigenvalue weighted by Crippen LogP contribution is -2.41. The number of nitrogens with zero attached hydrogens (tertiary/aromatic N) is 2. The average molecular weight is 558 g/mol. The zero-order chi connectivity index (χ0) is 28.0. The molecule has 0 saturated carbocycles. The second-order valence-electron chi connectivity index (χ2n) is 8.48. The Kier molecular flexibility index (Phi) is 8.67. The molecule has 0 unspecified atom stereocenters. The second-order valence-corrected chi connectivity index (χ2v) is 10.3. The number of nitrogens with one attached hydrogen (secondary N) is 1. The van der Waals surface area contributed by atoms with Crippen molar-refractivity contribution < 1.29 is 36.6 Å². The molecule has 1 aliphatic rings. The molecule has 0 radical (unpaired) electrons. The van der Waals surface area contributed by atoms with Gasteiger partial charge in [0, 0.05) is 19.2 Å². The zero-order valence-corrected chi connectivity index (χ0v) is 22.2. The SMILES string of the molecule is COc1ccc(S(=O)(=O)N(CC(=O)Nc2ccccc2C(=O)N2CCOCC2)c2ccccc2F)cc1OC. The van der Waals surface area contributed by atoms with Gasteiger partial charge in [-0.15, -0.1) is 0 Å². The Balaban J connectivity index is 1.66. The van der Waals surface area contributed by atoms with Crippen molar-refractivity contribution in [3.8, 4) is 11.5 Å². The van der Waals surface area contributed by atoms with Gasteiger partial charge in [0.15, 0.2) is 11.5 Å². The van der Waals surface area contributed by atoms with Gasteiger partial charge in [-0.1, -0.05) is 24.3 Å². The number of carbonyl (C=O) groups excluding carboxylic acids is 2. The number of halogens is 1. The lowest BCUT2D eigenvalue weighted by atomic mass is 10.1. The number of carbonyl (C=O) groups is 2. The van der Waals surface area contributed by atoms with Crippen LogP contribution in [0.2, 0.25) is 0 Å². The van der Waals surface area contributed by atoms with E-state index in [9.17, 15) is 22.4 Å². The number of methoxy groups -OCH3 is 2. The van der Waals surface area contributed by atoms with E-state index in [0.29, 0.717) is 36.4 Å². The van der Waals surface area contributed by atoms with E-state index in [1.807, 2.05) is 0 Å². The Morgan fingerprint density at radius 3 is 2.33 bits per heavy atom. The molecule has 1 fully saturated rings. The van der Waals surface area contributed by atoms with Crippen LogP contribution in [0.3, 0.4) is 0 Å². The summed E-state index contributed by atoms with van der Waals surface area (Å²) < 4.78 is 58.7. The molecular weight excluding hydrogens is 529 g/mol. The molecule has 0 aliphatic carbocycles. The van der Waals surface area contributed by atoms with Crippen LogP contribution in [0.4, 0.5) is 15.8 Å². The number of anilines is 2. The fourth-order valence-electron chi connectivity index (χ4n) is 4.09. The highest BCUT2D eigenvalue weighted by atomic mass is 32.2. The number of sulfonamides is 1. The molecule has 0 bridgehead atoms. The fraction of sp³-hybridized carbons (Fsp3) is 0.259. The van der Waals surface area contributed by atoms with E-state index >= 15 is 0 Å². The summed E-state index contributed by atoms with van der Waals surface area (Å²) in [6, 6.07) is 15.6. The number of amides is 2. The zero-order valence-electron chi connectivity index (χ0n) is 21.4. The molecule has 3 aromatic carbocycles. The highest BCUT2D eigenvalue weighted by Crippen LogP contribution is 2.33. The van der Waals surface area contributed by atoms with Gasteiger partial charge < -0.3 is 24.4 Å². The van der Waals surface area contributed by atoms with E-state index in [4.69, 9.17) is 14.2 Å². The predicted octanol–water partition coefficient (Wildman–Crippen LogP) is 3.15. The number of morpholine rings is 1. The summed E-state index contributed by atoms with van der Waals surface area (Å²) in [5.41, 5.74) is 0.129. The summed E-state index contributed by atoms with van der Waals surface area (Å²) in [6.45, 7) is 0.868.